The van der Waals surface area contributed by atoms with Crippen LogP contribution in [-0.2, 0) is 27.2 Å². The molecule has 2 amide bonds. The number of amides is 2. The number of benzene rings is 2. The number of H-pyrrole nitrogens is 1. The summed E-state index contributed by atoms with van der Waals surface area (Å²) in [5.74, 6) is -0.769. The van der Waals surface area contributed by atoms with Crippen molar-refractivity contribution in [2.24, 2.45) is 0 Å². The molecule has 0 saturated heterocycles. The van der Waals surface area contributed by atoms with Crippen molar-refractivity contribution in [3.05, 3.63) is 71.4 Å². The van der Waals surface area contributed by atoms with Gasteiger partial charge >= 0.3 is 12.1 Å². The Labute approximate surface area is 192 Å². The number of ether oxygens (including phenoxy) is 2. The molecule has 0 bridgehead atoms. The zero-order valence-electron chi connectivity index (χ0n) is 19.2. The molecule has 3 aromatic rings. The van der Waals surface area contributed by atoms with E-state index in [2.05, 4.69) is 15.6 Å². The van der Waals surface area contributed by atoms with Crippen LogP contribution >= 0.6 is 0 Å². The Morgan fingerprint density at radius 1 is 1.03 bits per heavy atom. The van der Waals surface area contributed by atoms with Crippen LogP contribution in [0.3, 0.4) is 0 Å². The predicted molar refractivity (Wildman–Crippen MR) is 125 cm³/mol. The highest BCUT2D eigenvalue weighted by atomic mass is 16.6. The molecule has 8 nitrogen and oxygen atoms in total. The Morgan fingerprint density at radius 3 is 2.39 bits per heavy atom. The van der Waals surface area contributed by atoms with Crippen LogP contribution in [0.5, 0.6) is 0 Å². The van der Waals surface area contributed by atoms with Crippen LogP contribution in [0.25, 0.3) is 10.9 Å². The monoisotopic (exact) mass is 451 g/mol. The van der Waals surface area contributed by atoms with Crippen molar-refractivity contribution < 1.29 is 23.9 Å². The highest BCUT2D eigenvalue weighted by molar-refractivity contribution is 5.90. The lowest BCUT2D eigenvalue weighted by Crippen LogP contribution is -2.49. The molecule has 0 unspecified atom stereocenters. The summed E-state index contributed by atoms with van der Waals surface area (Å²) in [5, 5.41) is 6.54. The molecule has 0 fully saturated rings. The van der Waals surface area contributed by atoms with Gasteiger partial charge in [0.05, 0.1) is 12.7 Å². The molecule has 2 aromatic carbocycles. The molecular weight excluding hydrogens is 422 g/mol. The maximum absolute atomic E-state index is 13.0. The number of aromatic nitrogens is 1. The van der Waals surface area contributed by atoms with Gasteiger partial charge in [0.2, 0.25) is 5.91 Å². The van der Waals surface area contributed by atoms with Crippen LogP contribution in [0.4, 0.5) is 4.79 Å². The average molecular weight is 452 g/mol. The van der Waals surface area contributed by atoms with E-state index in [4.69, 9.17) is 9.47 Å². The largest absolute Gasteiger partial charge is 0.465 e. The van der Waals surface area contributed by atoms with E-state index in [0.29, 0.717) is 5.56 Å². The second-order valence-corrected chi connectivity index (χ2v) is 8.67. The Morgan fingerprint density at radius 2 is 1.73 bits per heavy atom. The number of carbonyl (C=O) groups is 3. The third-order valence-electron chi connectivity index (χ3n) is 4.95. The van der Waals surface area contributed by atoms with E-state index in [9.17, 15) is 14.4 Å². The van der Waals surface area contributed by atoms with Gasteiger partial charge in [-0.05, 0) is 50.1 Å². The molecule has 0 aliphatic heterocycles. The predicted octanol–water partition coefficient (Wildman–Crippen LogP) is 3.71. The van der Waals surface area contributed by atoms with E-state index in [-0.39, 0.29) is 18.9 Å². The number of alkyl carbamates (subject to hydrolysis) is 1. The molecule has 0 spiro atoms. The standard InChI is InChI=1S/C25H29N3O5/c1-25(2,3)33-24(31)28-21(13-18-15-26-20-8-6-5-7-19(18)20)22(29)27-14-16-9-11-17(12-10-16)23(30)32-4/h5-12,15,21,26H,13-14H2,1-4H3,(H,27,29)(H,28,31)/t21-/m0/s1. The van der Waals surface area contributed by atoms with Crippen molar-refractivity contribution in [1.82, 2.24) is 15.6 Å². The minimum absolute atomic E-state index is 0.237. The van der Waals surface area contributed by atoms with E-state index < -0.39 is 23.7 Å². The third-order valence-corrected chi connectivity index (χ3v) is 4.95. The number of nitrogens with one attached hydrogen (secondary N) is 3. The Bertz CT molecular complexity index is 1130. The highest BCUT2D eigenvalue weighted by Crippen LogP contribution is 2.19. The van der Waals surface area contributed by atoms with Crippen molar-refractivity contribution in [2.45, 2.75) is 45.4 Å². The van der Waals surface area contributed by atoms with Gasteiger partial charge in [0.25, 0.3) is 0 Å². The molecule has 3 rings (SSSR count). The first-order valence-corrected chi connectivity index (χ1v) is 10.7. The van der Waals surface area contributed by atoms with E-state index in [1.807, 2.05) is 30.5 Å². The lowest BCUT2D eigenvalue weighted by atomic mass is 10.0. The summed E-state index contributed by atoms with van der Waals surface area (Å²) in [5.41, 5.74) is 2.40. The van der Waals surface area contributed by atoms with Gasteiger partial charge in [-0.1, -0.05) is 30.3 Å². The smallest absolute Gasteiger partial charge is 0.408 e. The van der Waals surface area contributed by atoms with E-state index in [1.165, 1.54) is 7.11 Å². The van der Waals surface area contributed by atoms with E-state index in [1.54, 1.807) is 45.0 Å². The fourth-order valence-corrected chi connectivity index (χ4v) is 3.37. The second-order valence-electron chi connectivity index (χ2n) is 8.67. The van der Waals surface area contributed by atoms with Gasteiger partial charge in [0.15, 0.2) is 0 Å². The molecule has 1 atom stereocenters. The molecule has 174 valence electrons. The topological polar surface area (TPSA) is 110 Å². The quantitative estimate of drug-likeness (QED) is 0.475. The summed E-state index contributed by atoms with van der Waals surface area (Å²) in [6, 6.07) is 13.7. The number of esters is 1. The van der Waals surface area contributed by atoms with Gasteiger partial charge in [0.1, 0.15) is 11.6 Å². The van der Waals surface area contributed by atoms with Gasteiger partial charge < -0.3 is 25.1 Å². The normalized spacial score (nSPS) is 12.1. The first-order valence-electron chi connectivity index (χ1n) is 10.7. The molecule has 0 aliphatic carbocycles. The van der Waals surface area contributed by atoms with Crippen molar-refractivity contribution in [3.8, 4) is 0 Å². The van der Waals surface area contributed by atoms with Crippen molar-refractivity contribution >= 4 is 28.9 Å². The number of rotatable bonds is 7. The first kappa shape index (κ1) is 23.8. The van der Waals surface area contributed by atoms with Gasteiger partial charge in [-0.3, -0.25) is 4.79 Å². The molecule has 1 aromatic heterocycles. The third kappa shape index (κ3) is 6.58. The minimum Gasteiger partial charge on any atom is -0.465 e. The zero-order valence-corrected chi connectivity index (χ0v) is 19.2. The van der Waals surface area contributed by atoms with Crippen LogP contribution in [0.2, 0.25) is 0 Å². The molecule has 0 radical (unpaired) electrons. The van der Waals surface area contributed by atoms with Crippen molar-refractivity contribution in [3.63, 3.8) is 0 Å². The molecule has 8 heteroatoms. The molecule has 33 heavy (non-hydrogen) atoms. The van der Waals surface area contributed by atoms with Gasteiger partial charge in [0, 0.05) is 30.1 Å². The number of aromatic amines is 1. The van der Waals surface area contributed by atoms with Gasteiger partial charge in [-0.15, -0.1) is 0 Å². The maximum Gasteiger partial charge on any atom is 0.408 e. The lowest BCUT2D eigenvalue weighted by Gasteiger charge is -2.23. The number of para-hydroxylation sites is 1. The number of carbonyl (C=O) groups excluding carboxylic acids is 3. The molecule has 1 heterocycles. The molecule has 0 aliphatic rings. The number of hydrogen-bond acceptors (Lipinski definition) is 5. The SMILES string of the molecule is COC(=O)c1ccc(CNC(=O)[C@H](Cc2c[nH]c3ccccc23)NC(=O)OC(C)(C)C)cc1. The summed E-state index contributed by atoms with van der Waals surface area (Å²) in [6.45, 7) is 5.53. The van der Waals surface area contributed by atoms with E-state index >= 15 is 0 Å². The van der Waals surface area contributed by atoms with Gasteiger partial charge in [-0.25, -0.2) is 9.59 Å². The Hall–Kier alpha value is -3.81. The number of methoxy groups -OCH3 is 1. The summed E-state index contributed by atoms with van der Waals surface area (Å²) in [7, 11) is 1.32. The summed E-state index contributed by atoms with van der Waals surface area (Å²) in [6.07, 6.45) is 1.47. The first-order chi connectivity index (χ1) is 15.7. The second kappa shape index (κ2) is 10.2. The molecule has 3 N–H and O–H groups in total. The minimum atomic E-state index is -0.839. The van der Waals surface area contributed by atoms with Gasteiger partial charge in [-0.2, -0.15) is 0 Å². The number of hydrogen-bond donors (Lipinski definition) is 3. The molecular formula is C25H29N3O5. The van der Waals surface area contributed by atoms with Crippen LogP contribution < -0.4 is 10.6 Å². The lowest BCUT2D eigenvalue weighted by molar-refractivity contribution is -0.123. The average Bonchev–Trinajstić information content (AvgIpc) is 3.18. The van der Waals surface area contributed by atoms with Crippen molar-refractivity contribution in [2.75, 3.05) is 7.11 Å². The fraction of sp³-hybridized carbons (Fsp3) is 0.320. The van der Waals surface area contributed by atoms with Crippen LogP contribution in [-0.4, -0.2) is 41.7 Å². The maximum atomic E-state index is 13.0. The van der Waals surface area contributed by atoms with Crippen LogP contribution in [0.1, 0.15) is 42.3 Å². The Balaban J connectivity index is 1.72. The van der Waals surface area contributed by atoms with Crippen molar-refractivity contribution in [1.29, 1.82) is 0 Å². The highest BCUT2D eigenvalue weighted by Gasteiger charge is 2.25. The summed E-state index contributed by atoms with van der Waals surface area (Å²) < 4.78 is 10.0. The number of fused-ring (bicyclic) bond motifs is 1. The van der Waals surface area contributed by atoms with Crippen LogP contribution in [0.15, 0.2) is 54.7 Å². The van der Waals surface area contributed by atoms with E-state index in [0.717, 1.165) is 22.0 Å². The molecule has 0 saturated carbocycles. The van der Waals surface area contributed by atoms with Crippen LogP contribution in [0, 0.1) is 0 Å². The summed E-state index contributed by atoms with van der Waals surface area (Å²) in [4.78, 5) is 40.2. The zero-order chi connectivity index (χ0) is 24.0. The summed E-state index contributed by atoms with van der Waals surface area (Å²) >= 11 is 0. The Kier molecular flexibility index (Phi) is 7.37. The fourth-order valence-electron chi connectivity index (χ4n) is 3.37.